The van der Waals surface area contributed by atoms with Crippen LogP contribution in [0.1, 0.15) is 28.6 Å². The number of benzene rings is 2. The smallest absolute Gasteiger partial charge is 0.348 e. The average Bonchev–Trinajstić information content (AvgIpc) is 3.09. The molecule has 0 fully saturated rings. The van der Waals surface area contributed by atoms with Gasteiger partial charge in [-0.3, -0.25) is 4.79 Å². The summed E-state index contributed by atoms with van der Waals surface area (Å²) >= 11 is 1.37. The van der Waals surface area contributed by atoms with E-state index in [2.05, 4.69) is 17.4 Å². The molecular weight excluding hydrogens is 346 g/mol. The van der Waals surface area contributed by atoms with Gasteiger partial charge in [0.15, 0.2) is 6.61 Å². The fourth-order valence-corrected chi connectivity index (χ4v) is 3.66. The van der Waals surface area contributed by atoms with E-state index in [0.29, 0.717) is 4.88 Å². The highest BCUT2D eigenvalue weighted by Gasteiger charge is 2.14. The number of fused-ring (bicyclic) bond motifs is 1. The van der Waals surface area contributed by atoms with E-state index in [0.717, 1.165) is 22.9 Å². The number of aryl methyl sites for hydroxylation is 1. The molecule has 1 heterocycles. The van der Waals surface area contributed by atoms with Crippen LogP contribution in [0.2, 0.25) is 0 Å². The molecule has 1 atom stereocenters. The third kappa shape index (κ3) is 4.92. The highest BCUT2D eigenvalue weighted by molar-refractivity contribution is 7.20. The Bertz CT molecular complexity index is 855. The highest BCUT2D eigenvalue weighted by Crippen LogP contribution is 2.25. The number of rotatable bonds is 7. The van der Waals surface area contributed by atoms with Crippen molar-refractivity contribution >= 4 is 33.3 Å². The van der Waals surface area contributed by atoms with Crippen LogP contribution in [-0.4, -0.2) is 24.5 Å². The zero-order valence-corrected chi connectivity index (χ0v) is 15.4. The maximum absolute atomic E-state index is 12.1. The molecule has 1 aromatic heterocycles. The lowest BCUT2D eigenvalue weighted by atomic mass is 10.1. The summed E-state index contributed by atoms with van der Waals surface area (Å²) in [5.41, 5.74) is 1.24. The molecule has 2 aromatic carbocycles. The molecule has 134 valence electrons. The Morgan fingerprint density at radius 2 is 1.81 bits per heavy atom. The number of nitrogens with one attached hydrogen (secondary N) is 1. The van der Waals surface area contributed by atoms with Gasteiger partial charge in [-0.05, 0) is 42.8 Å². The van der Waals surface area contributed by atoms with Gasteiger partial charge in [-0.25, -0.2) is 4.79 Å². The first-order chi connectivity index (χ1) is 12.6. The van der Waals surface area contributed by atoms with Crippen LogP contribution in [0.15, 0.2) is 60.7 Å². The van der Waals surface area contributed by atoms with E-state index in [1.165, 1.54) is 16.9 Å². The van der Waals surface area contributed by atoms with Crippen molar-refractivity contribution in [2.24, 2.45) is 0 Å². The fourth-order valence-electron chi connectivity index (χ4n) is 2.70. The topological polar surface area (TPSA) is 55.4 Å². The predicted octanol–water partition coefficient (Wildman–Crippen LogP) is 4.20. The van der Waals surface area contributed by atoms with Crippen molar-refractivity contribution < 1.29 is 14.3 Å². The summed E-state index contributed by atoms with van der Waals surface area (Å²) in [6.45, 7) is 1.69. The van der Waals surface area contributed by atoms with Crippen molar-refractivity contribution in [1.29, 1.82) is 0 Å². The number of hydrogen-bond donors (Lipinski definition) is 1. The van der Waals surface area contributed by atoms with Crippen molar-refractivity contribution in [1.82, 2.24) is 5.32 Å². The van der Waals surface area contributed by atoms with Crippen molar-refractivity contribution in [3.8, 4) is 0 Å². The summed E-state index contributed by atoms with van der Waals surface area (Å²) in [5.74, 6) is -0.738. The van der Waals surface area contributed by atoms with Crippen LogP contribution in [0.5, 0.6) is 0 Å². The Kier molecular flexibility index (Phi) is 6.02. The predicted molar refractivity (Wildman–Crippen MR) is 104 cm³/mol. The monoisotopic (exact) mass is 367 g/mol. The summed E-state index contributed by atoms with van der Waals surface area (Å²) in [4.78, 5) is 24.6. The summed E-state index contributed by atoms with van der Waals surface area (Å²) in [6, 6.07) is 19.7. The Balaban J connectivity index is 1.43. The number of esters is 1. The van der Waals surface area contributed by atoms with E-state index in [1.54, 1.807) is 6.07 Å². The van der Waals surface area contributed by atoms with Gasteiger partial charge in [-0.2, -0.15) is 0 Å². The zero-order chi connectivity index (χ0) is 18.4. The SMILES string of the molecule is C[C@H](CCc1ccccc1)NC(=O)COC(=O)c1cc2ccccc2s1. The van der Waals surface area contributed by atoms with Gasteiger partial charge in [0.05, 0.1) is 0 Å². The fraction of sp³-hybridized carbons (Fsp3) is 0.238. The molecule has 3 rings (SSSR count). The summed E-state index contributed by atoms with van der Waals surface area (Å²) in [6.07, 6.45) is 1.73. The first-order valence-electron chi connectivity index (χ1n) is 8.61. The normalized spacial score (nSPS) is 11.9. The first-order valence-corrected chi connectivity index (χ1v) is 9.42. The second-order valence-electron chi connectivity index (χ2n) is 6.22. The number of carbonyl (C=O) groups excluding carboxylic acids is 2. The van der Waals surface area contributed by atoms with Gasteiger partial charge in [-0.15, -0.1) is 11.3 Å². The third-order valence-electron chi connectivity index (χ3n) is 4.08. The van der Waals surface area contributed by atoms with E-state index in [4.69, 9.17) is 4.74 Å². The van der Waals surface area contributed by atoms with Gasteiger partial charge in [0, 0.05) is 10.7 Å². The average molecular weight is 367 g/mol. The molecule has 0 radical (unpaired) electrons. The number of thiophene rings is 1. The molecule has 0 spiro atoms. The van der Waals surface area contributed by atoms with Gasteiger partial charge in [0.1, 0.15) is 4.88 Å². The molecule has 5 heteroatoms. The molecule has 0 unspecified atom stereocenters. The van der Waals surface area contributed by atoms with Crippen molar-refractivity contribution in [2.45, 2.75) is 25.8 Å². The van der Waals surface area contributed by atoms with Gasteiger partial charge in [0.25, 0.3) is 5.91 Å². The Labute approximate surface area is 156 Å². The maximum Gasteiger partial charge on any atom is 0.348 e. The van der Waals surface area contributed by atoms with Crippen LogP contribution in [0.4, 0.5) is 0 Å². The molecule has 1 amide bonds. The van der Waals surface area contributed by atoms with Crippen LogP contribution in [0, 0.1) is 0 Å². The number of amides is 1. The zero-order valence-electron chi connectivity index (χ0n) is 14.6. The maximum atomic E-state index is 12.1. The minimum Gasteiger partial charge on any atom is -0.451 e. The Morgan fingerprint density at radius 1 is 1.08 bits per heavy atom. The minimum absolute atomic E-state index is 0.0192. The molecule has 0 aliphatic carbocycles. The summed E-state index contributed by atoms with van der Waals surface area (Å²) in [5, 5.41) is 3.87. The van der Waals surface area contributed by atoms with E-state index < -0.39 is 5.97 Å². The molecule has 0 saturated heterocycles. The third-order valence-corrected chi connectivity index (χ3v) is 5.17. The summed E-state index contributed by atoms with van der Waals surface area (Å²) < 4.78 is 6.17. The van der Waals surface area contributed by atoms with Crippen LogP contribution >= 0.6 is 11.3 Å². The van der Waals surface area contributed by atoms with Gasteiger partial charge >= 0.3 is 5.97 Å². The largest absolute Gasteiger partial charge is 0.451 e. The van der Waals surface area contributed by atoms with Crippen molar-refractivity contribution in [3.63, 3.8) is 0 Å². The molecule has 3 aromatic rings. The molecule has 26 heavy (non-hydrogen) atoms. The molecule has 1 N–H and O–H groups in total. The van der Waals surface area contributed by atoms with Crippen LogP contribution in [0.3, 0.4) is 0 Å². The lowest BCUT2D eigenvalue weighted by molar-refractivity contribution is -0.124. The number of hydrogen-bond acceptors (Lipinski definition) is 4. The summed E-state index contributed by atoms with van der Waals surface area (Å²) in [7, 11) is 0. The van der Waals surface area contributed by atoms with Gasteiger partial charge in [0.2, 0.25) is 0 Å². The van der Waals surface area contributed by atoms with Crippen LogP contribution in [0.25, 0.3) is 10.1 Å². The van der Waals surface area contributed by atoms with Crippen molar-refractivity contribution in [2.75, 3.05) is 6.61 Å². The quantitative estimate of drug-likeness (QED) is 0.637. The number of ether oxygens (including phenoxy) is 1. The minimum atomic E-state index is -0.460. The lowest BCUT2D eigenvalue weighted by Crippen LogP contribution is -2.36. The second-order valence-corrected chi connectivity index (χ2v) is 7.30. The second kappa shape index (κ2) is 8.63. The lowest BCUT2D eigenvalue weighted by Gasteiger charge is -2.13. The van der Waals surface area contributed by atoms with Crippen LogP contribution in [-0.2, 0) is 16.0 Å². The van der Waals surface area contributed by atoms with Crippen molar-refractivity contribution in [3.05, 3.63) is 71.1 Å². The van der Waals surface area contributed by atoms with E-state index in [-0.39, 0.29) is 18.6 Å². The first kappa shape index (κ1) is 18.1. The van der Waals surface area contributed by atoms with Gasteiger partial charge in [-0.1, -0.05) is 48.5 Å². The highest BCUT2D eigenvalue weighted by atomic mass is 32.1. The van der Waals surface area contributed by atoms with E-state index in [1.807, 2.05) is 49.4 Å². The number of carbonyl (C=O) groups is 2. The van der Waals surface area contributed by atoms with Crippen LogP contribution < -0.4 is 5.32 Å². The molecule has 0 aliphatic heterocycles. The van der Waals surface area contributed by atoms with E-state index >= 15 is 0 Å². The van der Waals surface area contributed by atoms with Gasteiger partial charge < -0.3 is 10.1 Å². The molecule has 0 aliphatic rings. The Hall–Kier alpha value is -2.66. The van der Waals surface area contributed by atoms with E-state index in [9.17, 15) is 9.59 Å². The molecule has 4 nitrogen and oxygen atoms in total. The molecule has 0 saturated carbocycles. The molecule has 0 bridgehead atoms. The standard InChI is InChI=1S/C21H21NO3S/c1-15(11-12-16-7-3-2-4-8-16)22-20(23)14-25-21(24)19-13-17-9-5-6-10-18(17)26-19/h2-10,13,15H,11-12,14H2,1H3,(H,22,23)/t15-/m1/s1. The molecular formula is C21H21NO3S. The Morgan fingerprint density at radius 3 is 2.58 bits per heavy atom.